The Morgan fingerprint density at radius 1 is 1.04 bits per heavy atom. The van der Waals surface area contributed by atoms with Crippen molar-refractivity contribution in [3.63, 3.8) is 0 Å². The Bertz CT molecular complexity index is 572. The molecule has 0 heterocycles. The van der Waals surface area contributed by atoms with Crippen LogP contribution in [-0.2, 0) is 12.8 Å². The maximum Gasteiger partial charge on any atom is 0.258 e. The van der Waals surface area contributed by atoms with Gasteiger partial charge in [0.2, 0.25) is 0 Å². The highest BCUT2D eigenvalue weighted by molar-refractivity contribution is 6.78. The van der Waals surface area contributed by atoms with E-state index < -0.39 is 8.32 Å². The van der Waals surface area contributed by atoms with E-state index in [2.05, 4.69) is 41.5 Å². The highest BCUT2D eigenvalue weighted by Crippen LogP contribution is 2.45. The smallest absolute Gasteiger partial charge is 0.258 e. The first-order valence-electron chi connectivity index (χ1n) is 8.74. The van der Waals surface area contributed by atoms with Crippen LogP contribution in [0, 0.1) is 5.82 Å². The minimum absolute atomic E-state index is 0.369. The minimum atomic E-state index is -2.20. The molecule has 0 saturated heterocycles. The molecule has 2 rings (SSSR count). The van der Waals surface area contributed by atoms with Crippen LogP contribution in [0.4, 0.5) is 4.39 Å². The first kappa shape index (κ1) is 18.2. The monoisotopic (exact) mass is 336 g/mol. The molecule has 0 radical (unpaired) electrons. The molecule has 0 amide bonds. The first-order chi connectivity index (χ1) is 10.8. The van der Waals surface area contributed by atoms with Gasteiger partial charge >= 0.3 is 0 Å². The summed E-state index contributed by atoms with van der Waals surface area (Å²) < 4.78 is 21.4. The molecular weight excluding hydrogens is 307 g/mol. The predicted octanol–water partition coefficient (Wildman–Crippen LogP) is 5.68. The summed E-state index contributed by atoms with van der Waals surface area (Å²) in [6.45, 7) is 13.2. The Balaban J connectivity index is 2.58. The molecular formula is C19H29FO2Si. The highest BCUT2D eigenvalue weighted by Gasteiger charge is 2.48. The molecule has 1 aromatic rings. The lowest BCUT2D eigenvalue weighted by Crippen LogP contribution is -2.51. The fourth-order valence-corrected chi connectivity index (χ4v) is 9.77. The number of rotatable bonds is 6. The number of benzene rings is 1. The lowest BCUT2D eigenvalue weighted by molar-refractivity contribution is 0.112. The summed E-state index contributed by atoms with van der Waals surface area (Å²) in [5.41, 5.74) is 3.61. The predicted molar refractivity (Wildman–Crippen MR) is 95.5 cm³/mol. The van der Waals surface area contributed by atoms with Crippen LogP contribution in [0.25, 0.3) is 0 Å². The van der Waals surface area contributed by atoms with Crippen molar-refractivity contribution >= 4 is 14.6 Å². The van der Waals surface area contributed by atoms with Gasteiger partial charge in [0.15, 0.2) is 5.82 Å². The molecule has 0 N–H and O–H groups in total. The second kappa shape index (κ2) is 6.76. The number of aldehydes is 1. The number of fused-ring (bicyclic) bond motifs is 1. The largest absolute Gasteiger partial charge is 0.541 e. The quantitative estimate of drug-likeness (QED) is 0.493. The van der Waals surface area contributed by atoms with Gasteiger partial charge in [0.1, 0.15) is 12.0 Å². The normalized spacial score (nSPS) is 14.7. The van der Waals surface area contributed by atoms with Gasteiger partial charge in [-0.2, -0.15) is 0 Å². The first-order valence-corrected chi connectivity index (χ1v) is 10.9. The molecule has 0 atom stereocenters. The standard InChI is InChI=1S/C19H29FO2Si/c1-12(2)23(13(3)4,14(5)6)22-19-17-9-7-8-16(17)15(11-21)10-18(19)20/h10-14H,7-9H2,1-6H3. The minimum Gasteiger partial charge on any atom is -0.541 e. The number of carbonyl (C=O) groups is 1. The van der Waals surface area contributed by atoms with E-state index in [1.807, 2.05) is 0 Å². The second-order valence-electron chi connectivity index (χ2n) is 7.62. The molecule has 4 heteroatoms. The zero-order valence-corrected chi connectivity index (χ0v) is 16.2. The van der Waals surface area contributed by atoms with Crippen LogP contribution in [-0.4, -0.2) is 14.6 Å². The molecule has 0 spiro atoms. The Morgan fingerprint density at radius 2 is 1.57 bits per heavy atom. The molecule has 0 bridgehead atoms. The van der Waals surface area contributed by atoms with E-state index in [0.29, 0.717) is 27.9 Å². The summed E-state index contributed by atoms with van der Waals surface area (Å²) in [4.78, 5) is 11.2. The average molecular weight is 337 g/mol. The molecule has 0 unspecified atom stereocenters. The third-order valence-corrected chi connectivity index (χ3v) is 11.4. The molecule has 0 aliphatic heterocycles. The van der Waals surface area contributed by atoms with Gasteiger partial charge in [-0.15, -0.1) is 0 Å². The van der Waals surface area contributed by atoms with E-state index in [0.717, 1.165) is 36.7 Å². The van der Waals surface area contributed by atoms with E-state index in [1.54, 1.807) is 0 Å². The van der Waals surface area contributed by atoms with Crippen molar-refractivity contribution in [2.24, 2.45) is 0 Å². The number of carbonyl (C=O) groups excluding carboxylic acids is 1. The number of halogens is 1. The maximum absolute atomic E-state index is 14.8. The lowest BCUT2D eigenvalue weighted by Gasteiger charge is -2.42. The van der Waals surface area contributed by atoms with Gasteiger partial charge in [0.25, 0.3) is 8.32 Å². The number of hydrogen-bond acceptors (Lipinski definition) is 2. The lowest BCUT2D eigenvalue weighted by atomic mass is 10.0. The molecule has 128 valence electrons. The Labute approximate surface area is 140 Å². The fourth-order valence-electron chi connectivity index (χ4n) is 4.49. The molecule has 0 saturated carbocycles. The van der Waals surface area contributed by atoms with E-state index in [9.17, 15) is 9.18 Å². The summed E-state index contributed by atoms with van der Waals surface area (Å²) in [5, 5.41) is 0. The number of hydrogen-bond donors (Lipinski definition) is 0. The molecule has 1 aliphatic carbocycles. The van der Waals surface area contributed by atoms with E-state index in [-0.39, 0.29) is 5.82 Å². The zero-order chi connectivity index (χ0) is 17.4. The van der Waals surface area contributed by atoms with E-state index in [1.165, 1.54) is 6.07 Å². The van der Waals surface area contributed by atoms with Gasteiger partial charge in [-0.05, 0) is 53.1 Å². The SMILES string of the molecule is CC(C)[Si](Oc1c(F)cc(C=O)c2c1CCC2)(C(C)C)C(C)C. The van der Waals surface area contributed by atoms with Crippen molar-refractivity contribution in [2.75, 3.05) is 0 Å². The van der Waals surface area contributed by atoms with Crippen molar-refractivity contribution < 1.29 is 13.6 Å². The van der Waals surface area contributed by atoms with Crippen molar-refractivity contribution in [3.05, 3.63) is 28.6 Å². The second-order valence-corrected chi connectivity index (χ2v) is 13.0. The Morgan fingerprint density at radius 3 is 2.04 bits per heavy atom. The summed E-state index contributed by atoms with van der Waals surface area (Å²) in [7, 11) is -2.20. The summed E-state index contributed by atoms with van der Waals surface area (Å²) in [5.74, 6) is 0.0671. The van der Waals surface area contributed by atoms with Crippen molar-refractivity contribution in [1.29, 1.82) is 0 Å². The van der Waals surface area contributed by atoms with Crippen LogP contribution in [0.5, 0.6) is 5.75 Å². The molecule has 0 fully saturated rings. The molecule has 1 aromatic carbocycles. The summed E-state index contributed by atoms with van der Waals surface area (Å²) in [6, 6.07) is 1.37. The van der Waals surface area contributed by atoms with Crippen LogP contribution in [0.15, 0.2) is 6.07 Å². The van der Waals surface area contributed by atoms with Gasteiger partial charge in [-0.1, -0.05) is 41.5 Å². The van der Waals surface area contributed by atoms with E-state index in [4.69, 9.17) is 4.43 Å². The van der Waals surface area contributed by atoms with Gasteiger partial charge in [0, 0.05) is 5.56 Å². The van der Waals surface area contributed by atoms with Gasteiger partial charge in [0.05, 0.1) is 0 Å². The Kier molecular flexibility index (Phi) is 5.34. The van der Waals surface area contributed by atoms with Crippen molar-refractivity contribution in [1.82, 2.24) is 0 Å². The summed E-state index contributed by atoms with van der Waals surface area (Å²) >= 11 is 0. The maximum atomic E-state index is 14.8. The molecule has 2 nitrogen and oxygen atoms in total. The third kappa shape index (κ3) is 2.98. The van der Waals surface area contributed by atoms with Crippen molar-refractivity contribution in [3.8, 4) is 5.75 Å². The topological polar surface area (TPSA) is 26.3 Å². The van der Waals surface area contributed by atoms with Gasteiger partial charge in [-0.3, -0.25) is 4.79 Å². The zero-order valence-electron chi connectivity index (χ0n) is 15.2. The highest BCUT2D eigenvalue weighted by atomic mass is 28.4. The Hall–Kier alpha value is -1.16. The fraction of sp³-hybridized carbons (Fsp3) is 0.632. The van der Waals surface area contributed by atoms with Crippen LogP contribution in [0.2, 0.25) is 16.6 Å². The van der Waals surface area contributed by atoms with Crippen LogP contribution in [0.3, 0.4) is 0 Å². The average Bonchev–Trinajstić information content (AvgIpc) is 2.93. The summed E-state index contributed by atoms with van der Waals surface area (Å²) in [6.07, 6.45) is 3.40. The van der Waals surface area contributed by atoms with Crippen LogP contribution >= 0.6 is 0 Å². The molecule has 1 aliphatic rings. The molecule has 0 aromatic heterocycles. The van der Waals surface area contributed by atoms with Crippen LogP contribution in [0.1, 0.15) is 69.4 Å². The van der Waals surface area contributed by atoms with Crippen molar-refractivity contribution in [2.45, 2.75) is 77.4 Å². The molecule has 23 heavy (non-hydrogen) atoms. The van der Waals surface area contributed by atoms with Crippen LogP contribution < -0.4 is 4.43 Å². The van der Waals surface area contributed by atoms with E-state index >= 15 is 0 Å². The van der Waals surface area contributed by atoms with Gasteiger partial charge < -0.3 is 4.43 Å². The third-order valence-electron chi connectivity index (χ3n) is 5.45. The van der Waals surface area contributed by atoms with Gasteiger partial charge in [-0.25, -0.2) is 4.39 Å².